The molecule has 0 aromatic carbocycles. The molecule has 19 heteroatoms. The molecule has 558 valence electrons. The topological polar surface area (TPSA) is 237 Å². The maximum Gasteiger partial charge on any atom is 0.472 e. The molecular weight excluding hydrogens is 1230 g/mol. The van der Waals surface area contributed by atoms with Gasteiger partial charge in [-0.15, -0.1) is 0 Å². The Bertz CT molecular complexity index is 1850. The van der Waals surface area contributed by atoms with Crippen LogP contribution in [0.4, 0.5) is 0 Å². The lowest BCUT2D eigenvalue weighted by Gasteiger charge is -2.21. The Hall–Kier alpha value is -1.94. The number of hydrogen-bond donors (Lipinski definition) is 3. The van der Waals surface area contributed by atoms with Crippen molar-refractivity contribution in [3.63, 3.8) is 0 Å². The highest BCUT2D eigenvalue weighted by atomic mass is 31.2. The van der Waals surface area contributed by atoms with Crippen molar-refractivity contribution in [2.75, 3.05) is 39.6 Å². The van der Waals surface area contributed by atoms with Crippen molar-refractivity contribution in [3.05, 3.63) is 0 Å². The first-order valence-electron chi connectivity index (χ1n) is 38.7. The van der Waals surface area contributed by atoms with Crippen LogP contribution in [0.1, 0.15) is 376 Å². The molecule has 0 spiro atoms. The maximum atomic E-state index is 13.0. The first kappa shape index (κ1) is 92.1. The Morgan fingerprint density at radius 2 is 0.511 bits per heavy atom. The van der Waals surface area contributed by atoms with E-state index in [2.05, 4.69) is 55.4 Å². The van der Waals surface area contributed by atoms with Crippen molar-refractivity contribution in [2.45, 2.75) is 395 Å². The number of unbranched alkanes of at least 4 members (excludes halogenated alkanes) is 37. The molecule has 0 aromatic rings. The summed E-state index contributed by atoms with van der Waals surface area (Å²) in [5.74, 6) is 0.872. The van der Waals surface area contributed by atoms with E-state index < -0.39 is 97.5 Å². The summed E-state index contributed by atoms with van der Waals surface area (Å²) in [6, 6.07) is 0. The van der Waals surface area contributed by atoms with Gasteiger partial charge in [0.25, 0.3) is 0 Å². The van der Waals surface area contributed by atoms with Gasteiger partial charge >= 0.3 is 39.5 Å². The van der Waals surface area contributed by atoms with Gasteiger partial charge in [0, 0.05) is 25.7 Å². The largest absolute Gasteiger partial charge is 0.472 e. The van der Waals surface area contributed by atoms with Gasteiger partial charge in [-0.3, -0.25) is 37.3 Å². The van der Waals surface area contributed by atoms with Crippen molar-refractivity contribution in [1.29, 1.82) is 0 Å². The molecule has 17 nitrogen and oxygen atoms in total. The molecule has 0 heterocycles. The van der Waals surface area contributed by atoms with Gasteiger partial charge in [0.1, 0.15) is 19.3 Å². The first-order chi connectivity index (χ1) is 45.1. The quantitative estimate of drug-likeness (QED) is 0.0222. The van der Waals surface area contributed by atoms with Gasteiger partial charge in [-0.25, -0.2) is 9.13 Å². The third kappa shape index (κ3) is 67.3. The number of rotatable bonds is 72. The molecular formula is C75H146O17P2. The highest BCUT2D eigenvalue weighted by Gasteiger charge is 2.30. The number of esters is 4. The average molecular weight is 1380 g/mol. The van der Waals surface area contributed by atoms with Crippen LogP contribution < -0.4 is 0 Å². The molecule has 0 aliphatic rings. The summed E-state index contributed by atoms with van der Waals surface area (Å²) in [5.41, 5.74) is 0. The number of ether oxygens (including phenoxy) is 4. The molecule has 0 saturated carbocycles. The van der Waals surface area contributed by atoms with Crippen LogP contribution in [-0.4, -0.2) is 96.7 Å². The van der Waals surface area contributed by atoms with E-state index >= 15 is 0 Å². The summed E-state index contributed by atoms with van der Waals surface area (Å²) >= 11 is 0. The summed E-state index contributed by atoms with van der Waals surface area (Å²) in [6.07, 6.45) is 48.9. The smallest absolute Gasteiger partial charge is 0.462 e. The molecule has 0 fully saturated rings. The average Bonchev–Trinajstić information content (AvgIpc) is 3.75. The Kier molecular flexibility index (Phi) is 63.1. The predicted octanol–water partition coefficient (Wildman–Crippen LogP) is 21.7. The van der Waals surface area contributed by atoms with Crippen molar-refractivity contribution in [2.24, 2.45) is 23.7 Å². The first-order valence-corrected chi connectivity index (χ1v) is 41.7. The van der Waals surface area contributed by atoms with Gasteiger partial charge in [0.15, 0.2) is 12.2 Å². The van der Waals surface area contributed by atoms with Crippen molar-refractivity contribution in [3.8, 4) is 0 Å². The van der Waals surface area contributed by atoms with E-state index in [-0.39, 0.29) is 25.7 Å². The monoisotopic (exact) mass is 1380 g/mol. The number of phosphoric acid groups is 2. The minimum absolute atomic E-state index is 0.102. The molecule has 0 rings (SSSR count). The van der Waals surface area contributed by atoms with Gasteiger partial charge in [0.05, 0.1) is 26.4 Å². The fourth-order valence-electron chi connectivity index (χ4n) is 11.3. The van der Waals surface area contributed by atoms with Gasteiger partial charge < -0.3 is 33.8 Å². The van der Waals surface area contributed by atoms with Crippen molar-refractivity contribution >= 4 is 39.5 Å². The third-order valence-corrected chi connectivity index (χ3v) is 19.6. The molecule has 0 aliphatic heterocycles. The van der Waals surface area contributed by atoms with Gasteiger partial charge in [-0.1, -0.05) is 325 Å². The Morgan fingerprint density at radius 1 is 0.298 bits per heavy atom. The van der Waals surface area contributed by atoms with Crippen LogP contribution in [-0.2, 0) is 65.4 Å². The maximum absolute atomic E-state index is 13.0. The lowest BCUT2D eigenvalue weighted by Crippen LogP contribution is -2.30. The van der Waals surface area contributed by atoms with Crippen LogP contribution in [0.15, 0.2) is 0 Å². The van der Waals surface area contributed by atoms with Crippen LogP contribution in [0.25, 0.3) is 0 Å². The summed E-state index contributed by atoms with van der Waals surface area (Å²) in [4.78, 5) is 72.6. The molecule has 0 saturated heterocycles. The molecule has 0 bridgehead atoms. The lowest BCUT2D eigenvalue weighted by molar-refractivity contribution is -0.161. The number of carbonyl (C=O) groups excluding carboxylic acids is 4. The summed E-state index contributed by atoms with van der Waals surface area (Å²) in [6.45, 7) is 14.1. The molecule has 0 radical (unpaired) electrons. The zero-order valence-electron chi connectivity index (χ0n) is 61.6. The molecule has 0 amide bonds. The molecule has 0 aromatic heterocycles. The summed E-state index contributed by atoms with van der Waals surface area (Å²) in [5, 5.41) is 10.6. The Balaban J connectivity index is 5.14. The van der Waals surface area contributed by atoms with Crippen LogP contribution in [0.2, 0.25) is 0 Å². The van der Waals surface area contributed by atoms with Crippen LogP contribution in [0.5, 0.6) is 0 Å². The van der Waals surface area contributed by atoms with Crippen LogP contribution in [0.3, 0.4) is 0 Å². The van der Waals surface area contributed by atoms with E-state index in [1.165, 1.54) is 173 Å². The van der Waals surface area contributed by atoms with Gasteiger partial charge in [0.2, 0.25) is 0 Å². The van der Waals surface area contributed by atoms with E-state index in [9.17, 15) is 43.2 Å². The van der Waals surface area contributed by atoms with Crippen LogP contribution >= 0.6 is 15.6 Å². The summed E-state index contributed by atoms with van der Waals surface area (Å²) in [7, 11) is -9.91. The fourth-order valence-corrected chi connectivity index (χ4v) is 12.9. The van der Waals surface area contributed by atoms with E-state index in [4.69, 9.17) is 37.0 Å². The highest BCUT2D eigenvalue weighted by molar-refractivity contribution is 7.47. The van der Waals surface area contributed by atoms with Gasteiger partial charge in [-0.05, 0) is 49.4 Å². The second kappa shape index (κ2) is 64.4. The summed E-state index contributed by atoms with van der Waals surface area (Å²) < 4.78 is 68.4. The molecule has 3 N–H and O–H groups in total. The Labute approximate surface area is 575 Å². The minimum atomic E-state index is -4.95. The number of carbonyl (C=O) groups is 4. The van der Waals surface area contributed by atoms with E-state index in [1.54, 1.807) is 0 Å². The number of hydrogen-bond acceptors (Lipinski definition) is 15. The van der Waals surface area contributed by atoms with E-state index in [1.807, 2.05) is 0 Å². The standard InChI is InChI=1S/C75H146O17P2/c1-9-68(8)54-46-38-28-24-20-16-13-14-18-22-26-30-41-49-57-74(79)91-70(62-86-73(78)56-48-40-33-31-36-44-52-66(4)5)63-89-93(81,82)87-59-69(76)60-88-94(83,84)90-64-71(92-75(80)58-50-42-34-32-37-45-53-67(6)7)61-85-72(77)55-47-39-29-25-21-17-12-10-11-15-19-23-27-35-43-51-65(2)3/h65-71,76H,9-64H2,1-8H3,(H,81,82)(H,83,84)/t68?,69-,70+,71+/m0/s1. The fraction of sp³-hybridized carbons (Fsp3) is 0.947. The van der Waals surface area contributed by atoms with Gasteiger partial charge in [-0.2, -0.15) is 0 Å². The van der Waals surface area contributed by atoms with Crippen molar-refractivity contribution in [1.82, 2.24) is 0 Å². The molecule has 3 unspecified atom stereocenters. The minimum Gasteiger partial charge on any atom is -0.462 e. The van der Waals surface area contributed by atoms with E-state index in [0.717, 1.165) is 108 Å². The SMILES string of the molecule is CCC(C)CCCCCCCCCCCCCCCCC(=O)O[C@H](COC(=O)CCCCCCCCC(C)C)COP(=O)(O)OC[C@H](O)COP(=O)(O)OC[C@@H](COC(=O)CCCCCCCCCCCCCCCCCC(C)C)OC(=O)CCCCCCCCC(C)C. The van der Waals surface area contributed by atoms with E-state index in [0.29, 0.717) is 37.5 Å². The normalized spacial score (nSPS) is 14.4. The highest BCUT2D eigenvalue weighted by Crippen LogP contribution is 2.45. The van der Waals surface area contributed by atoms with Crippen molar-refractivity contribution < 1.29 is 80.2 Å². The molecule has 94 heavy (non-hydrogen) atoms. The Morgan fingerprint density at radius 3 is 0.755 bits per heavy atom. The second-order valence-corrected chi connectivity index (χ2v) is 31.6. The number of aliphatic hydroxyl groups is 1. The number of phosphoric ester groups is 2. The second-order valence-electron chi connectivity index (χ2n) is 28.7. The predicted molar refractivity (Wildman–Crippen MR) is 381 cm³/mol. The molecule has 6 atom stereocenters. The number of aliphatic hydroxyl groups excluding tert-OH is 1. The zero-order valence-corrected chi connectivity index (χ0v) is 63.4. The lowest BCUT2D eigenvalue weighted by atomic mass is 9.99. The third-order valence-electron chi connectivity index (χ3n) is 17.7. The molecule has 0 aliphatic carbocycles. The zero-order chi connectivity index (χ0) is 69.6. The van der Waals surface area contributed by atoms with Crippen LogP contribution in [0, 0.1) is 23.7 Å².